The van der Waals surface area contributed by atoms with Gasteiger partial charge in [0.2, 0.25) is 17.7 Å². The summed E-state index contributed by atoms with van der Waals surface area (Å²) in [5.41, 5.74) is 8.16. The molecule has 2 aromatic carbocycles. The molecule has 1 heterocycles. The van der Waals surface area contributed by atoms with Crippen LogP contribution in [0.5, 0.6) is 0 Å². The minimum Gasteiger partial charge on any atom is -0.350 e. The quantitative estimate of drug-likeness (QED) is 0.109. The van der Waals surface area contributed by atoms with Crippen LogP contribution < -0.4 is 16.1 Å². The number of unbranched alkanes of at least 4 members (excludes halogenated alkanes) is 1. The molecule has 1 saturated carbocycles. The number of aromatic nitrogens is 3. The molecule has 1 aromatic heterocycles. The molecule has 216 valence electrons. The second kappa shape index (κ2) is 13.5. The number of nitrogens with zero attached hydrogens (tertiary/aromatic N) is 3. The Labute approximate surface area is 239 Å². The summed E-state index contributed by atoms with van der Waals surface area (Å²) in [6, 6.07) is 14.5. The van der Waals surface area contributed by atoms with Crippen molar-refractivity contribution < 1.29 is 19.6 Å². The van der Waals surface area contributed by atoms with Crippen molar-refractivity contribution in [1.82, 2.24) is 25.8 Å². The van der Waals surface area contributed by atoms with Crippen LogP contribution in [0.4, 0.5) is 5.69 Å². The summed E-state index contributed by atoms with van der Waals surface area (Å²) < 4.78 is 1.72. The third-order valence-corrected chi connectivity index (χ3v) is 8.17. The van der Waals surface area contributed by atoms with Crippen LogP contribution in [0.25, 0.3) is 11.1 Å². The fourth-order valence-electron chi connectivity index (χ4n) is 6.06. The molecule has 41 heavy (non-hydrogen) atoms. The molecule has 5 rings (SSSR count). The highest BCUT2D eigenvalue weighted by Crippen LogP contribution is 2.37. The Hall–Kier alpha value is -4.05. The second-order valence-electron chi connectivity index (χ2n) is 11.2. The summed E-state index contributed by atoms with van der Waals surface area (Å²) in [5, 5.41) is 23.1. The second-order valence-corrected chi connectivity index (χ2v) is 11.2. The molecule has 2 aliphatic rings. The van der Waals surface area contributed by atoms with Gasteiger partial charge >= 0.3 is 0 Å². The van der Waals surface area contributed by atoms with Crippen molar-refractivity contribution in [2.75, 3.05) is 5.32 Å². The van der Waals surface area contributed by atoms with E-state index in [0.29, 0.717) is 37.4 Å². The van der Waals surface area contributed by atoms with Gasteiger partial charge < -0.3 is 10.6 Å². The van der Waals surface area contributed by atoms with E-state index in [1.807, 2.05) is 6.07 Å². The molecule has 0 spiro atoms. The van der Waals surface area contributed by atoms with Gasteiger partial charge in [0, 0.05) is 31.0 Å². The van der Waals surface area contributed by atoms with Crippen LogP contribution in [0.3, 0.4) is 0 Å². The molecular weight excluding hydrogens is 520 g/mol. The van der Waals surface area contributed by atoms with Crippen molar-refractivity contribution in [3.05, 3.63) is 65.5 Å². The zero-order valence-corrected chi connectivity index (χ0v) is 23.3. The molecule has 1 fully saturated rings. The van der Waals surface area contributed by atoms with Gasteiger partial charge in [-0.05, 0) is 66.0 Å². The topological polar surface area (TPSA) is 138 Å². The molecular formula is C31H38N6O4. The zero-order valence-electron chi connectivity index (χ0n) is 23.3. The Bertz CT molecular complexity index is 1380. The predicted molar refractivity (Wildman–Crippen MR) is 154 cm³/mol. The number of amides is 3. The number of carbonyl (C=O) groups is 3. The molecule has 10 nitrogen and oxygen atoms in total. The van der Waals surface area contributed by atoms with Crippen molar-refractivity contribution in [2.24, 2.45) is 11.8 Å². The van der Waals surface area contributed by atoms with Gasteiger partial charge in [0.15, 0.2) is 0 Å². The first-order chi connectivity index (χ1) is 20.0. The van der Waals surface area contributed by atoms with Crippen LogP contribution in [0.2, 0.25) is 0 Å². The van der Waals surface area contributed by atoms with E-state index in [0.717, 1.165) is 44.2 Å². The van der Waals surface area contributed by atoms with Crippen molar-refractivity contribution >= 4 is 23.4 Å². The monoisotopic (exact) mass is 558 g/mol. The first-order valence-corrected chi connectivity index (χ1v) is 14.6. The average molecular weight is 559 g/mol. The smallest absolute Gasteiger partial charge is 0.244 e. The van der Waals surface area contributed by atoms with E-state index in [2.05, 4.69) is 57.3 Å². The predicted octanol–water partition coefficient (Wildman–Crippen LogP) is 4.37. The van der Waals surface area contributed by atoms with E-state index in [4.69, 9.17) is 5.21 Å². The Morgan fingerprint density at radius 2 is 1.80 bits per heavy atom. The maximum absolute atomic E-state index is 12.8. The molecule has 0 radical (unpaired) electrons. The number of hydroxylamine groups is 1. The Morgan fingerprint density at radius 3 is 2.63 bits per heavy atom. The lowest BCUT2D eigenvalue weighted by Crippen LogP contribution is -2.35. The molecule has 2 aliphatic carbocycles. The highest BCUT2D eigenvalue weighted by molar-refractivity contribution is 5.91. The summed E-state index contributed by atoms with van der Waals surface area (Å²) in [4.78, 5) is 37.1. The van der Waals surface area contributed by atoms with Gasteiger partial charge in [0.25, 0.3) is 0 Å². The van der Waals surface area contributed by atoms with E-state index in [-0.39, 0.29) is 24.8 Å². The first kappa shape index (κ1) is 28.5. The largest absolute Gasteiger partial charge is 0.350 e. The molecule has 0 aliphatic heterocycles. The third-order valence-electron chi connectivity index (χ3n) is 8.17. The van der Waals surface area contributed by atoms with Gasteiger partial charge in [-0.3, -0.25) is 24.3 Å². The number of hydrogen-bond acceptors (Lipinski definition) is 6. The molecule has 3 aromatic rings. The molecule has 10 heteroatoms. The average Bonchev–Trinajstić information content (AvgIpc) is 3.73. The fourth-order valence-corrected chi connectivity index (χ4v) is 6.06. The van der Waals surface area contributed by atoms with Gasteiger partial charge in [0.05, 0.1) is 12.7 Å². The Balaban J connectivity index is 1.02. The van der Waals surface area contributed by atoms with Crippen molar-refractivity contribution in [3.8, 4) is 11.1 Å². The van der Waals surface area contributed by atoms with E-state index in [1.165, 1.54) is 22.3 Å². The Kier molecular flexibility index (Phi) is 9.40. The minimum absolute atomic E-state index is 0.00973. The number of benzene rings is 2. The SMILES string of the molecule is O=C(CC(CC1CCCC1)C(=O)NCc1cn(CCCCC(=O)Nc2ccc3c(c2)Cc2ccccc2-3)nn1)NO. The van der Waals surface area contributed by atoms with Crippen molar-refractivity contribution in [2.45, 2.75) is 77.3 Å². The van der Waals surface area contributed by atoms with Crippen LogP contribution in [-0.4, -0.2) is 37.9 Å². The number of carbonyl (C=O) groups excluding carboxylic acids is 3. The number of anilines is 1. The van der Waals surface area contributed by atoms with Crippen LogP contribution in [0.15, 0.2) is 48.7 Å². The molecule has 0 saturated heterocycles. The summed E-state index contributed by atoms with van der Waals surface area (Å²) in [6.45, 7) is 0.835. The normalized spacial score (nSPS) is 14.8. The highest BCUT2D eigenvalue weighted by atomic mass is 16.5. The summed E-state index contributed by atoms with van der Waals surface area (Å²) in [5.74, 6) is -0.828. The lowest BCUT2D eigenvalue weighted by atomic mass is 9.90. The lowest BCUT2D eigenvalue weighted by Gasteiger charge is -2.19. The van der Waals surface area contributed by atoms with Crippen molar-refractivity contribution in [3.63, 3.8) is 0 Å². The maximum atomic E-state index is 12.8. The number of rotatable bonds is 13. The van der Waals surface area contributed by atoms with E-state index < -0.39 is 11.8 Å². The standard InChI is InChI=1S/C31H38N6O4/c38-29(33-25-12-13-28-23(17-25)16-22-9-3-4-10-27(22)28)11-5-6-14-37-20-26(34-36-37)19-32-31(40)24(18-30(39)35-41)15-21-7-1-2-8-21/h3-4,9-10,12-13,17,20-21,24,41H,1-2,5-8,11,14-16,18-19H2,(H,32,40)(H,33,38)(H,35,39). The third kappa shape index (κ3) is 7.58. The molecule has 1 atom stereocenters. The lowest BCUT2D eigenvalue weighted by molar-refractivity contribution is -0.135. The highest BCUT2D eigenvalue weighted by Gasteiger charge is 2.27. The summed E-state index contributed by atoms with van der Waals surface area (Å²) in [7, 11) is 0. The summed E-state index contributed by atoms with van der Waals surface area (Å²) in [6.07, 6.45) is 9.63. The van der Waals surface area contributed by atoms with Gasteiger partial charge in [-0.1, -0.05) is 61.2 Å². The van der Waals surface area contributed by atoms with E-state index in [9.17, 15) is 14.4 Å². The van der Waals surface area contributed by atoms with Crippen LogP contribution in [0.1, 0.15) is 74.6 Å². The van der Waals surface area contributed by atoms with E-state index in [1.54, 1.807) is 16.4 Å². The minimum atomic E-state index is -0.555. The number of fused-ring (bicyclic) bond motifs is 3. The number of aryl methyl sites for hydroxylation is 1. The fraction of sp³-hybridized carbons (Fsp3) is 0.452. The van der Waals surface area contributed by atoms with E-state index >= 15 is 0 Å². The molecule has 3 amide bonds. The Morgan fingerprint density at radius 1 is 1.00 bits per heavy atom. The first-order valence-electron chi connectivity index (χ1n) is 14.6. The maximum Gasteiger partial charge on any atom is 0.244 e. The van der Waals surface area contributed by atoms with Crippen LogP contribution >= 0.6 is 0 Å². The molecule has 4 N–H and O–H groups in total. The summed E-state index contributed by atoms with van der Waals surface area (Å²) >= 11 is 0. The van der Waals surface area contributed by atoms with Crippen LogP contribution in [-0.2, 0) is 33.9 Å². The van der Waals surface area contributed by atoms with Gasteiger partial charge in [-0.25, -0.2) is 5.48 Å². The number of nitrogens with one attached hydrogen (secondary N) is 3. The van der Waals surface area contributed by atoms with Gasteiger partial charge in [-0.15, -0.1) is 5.10 Å². The molecule has 1 unspecified atom stereocenters. The van der Waals surface area contributed by atoms with Crippen LogP contribution in [0, 0.1) is 11.8 Å². The van der Waals surface area contributed by atoms with Crippen molar-refractivity contribution in [1.29, 1.82) is 0 Å². The molecule has 0 bridgehead atoms. The zero-order chi connectivity index (χ0) is 28.6. The number of hydrogen-bond donors (Lipinski definition) is 4. The van der Waals surface area contributed by atoms with Gasteiger partial charge in [-0.2, -0.15) is 0 Å². The van der Waals surface area contributed by atoms with Gasteiger partial charge in [0.1, 0.15) is 5.69 Å².